The summed E-state index contributed by atoms with van der Waals surface area (Å²) in [6.45, 7) is 3.69. The number of H-pyrrole nitrogens is 1. The lowest BCUT2D eigenvalue weighted by molar-refractivity contribution is 0.235. The van der Waals surface area contributed by atoms with Crippen molar-refractivity contribution in [1.82, 2.24) is 20.3 Å². The fourth-order valence-corrected chi connectivity index (χ4v) is 3.87. The van der Waals surface area contributed by atoms with Gasteiger partial charge in [0, 0.05) is 13.1 Å². The molecule has 4 rings (SSSR count). The molecule has 136 valence electrons. The van der Waals surface area contributed by atoms with Gasteiger partial charge in [0.05, 0.1) is 16.7 Å². The second-order valence-electron chi connectivity index (χ2n) is 6.53. The first-order chi connectivity index (χ1) is 12.7. The van der Waals surface area contributed by atoms with Crippen LogP contribution in [-0.4, -0.2) is 40.0 Å². The fraction of sp³-hybridized carbons (Fsp3) is 0.368. The molecule has 1 N–H and O–H groups in total. The second-order valence-corrected chi connectivity index (χ2v) is 7.31. The topological polar surface area (TPSA) is 54.0 Å². The number of para-hydroxylation sites is 1. The molecule has 0 aliphatic carbocycles. The summed E-state index contributed by atoms with van der Waals surface area (Å²) in [5.74, 6) is 0.787. The smallest absolute Gasteiger partial charge is 0.154 e. The van der Waals surface area contributed by atoms with E-state index in [1.807, 2.05) is 24.3 Å². The molecule has 1 aromatic heterocycles. The van der Waals surface area contributed by atoms with E-state index in [4.69, 9.17) is 27.9 Å². The van der Waals surface area contributed by atoms with E-state index in [9.17, 15) is 0 Å². The Hall–Kier alpha value is -1.82. The molecule has 1 aliphatic rings. The molecule has 0 amide bonds. The summed E-state index contributed by atoms with van der Waals surface area (Å²) in [7, 11) is 0. The number of nitrogens with one attached hydrogen (secondary N) is 1. The van der Waals surface area contributed by atoms with Crippen molar-refractivity contribution in [3.05, 3.63) is 51.5 Å². The lowest BCUT2D eigenvalue weighted by Gasteiger charge is -2.29. The molecule has 0 spiro atoms. The van der Waals surface area contributed by atoms with Gasteiger partial charge in [0.1, 0.15) is 11.3 Å². The molecule has 0 radical (unpaired) electrons. The Kier molecular flexibility index (Phi) is 5.29. The number of rotatable bonds is 6. The molecule has 0 atom stereocenters. The standard InChI is InChI=1S/C19H20Cl2N4O/c20-15-7-6-13-12-25(10-8-14(13)18(15)21)9-1-2-11-26-17-5-3-4-16-19(17)23-24-22-16/h3-7H,1-2,8-12H2,(H,22,23,24). The number of hydrogen-bond acceptors (Lipinski definition) is 4. The summed E-state index contributed by atoms with van der Waals surface area (Å²) < 4.78 is 5.88. The van der Waals surface area contributed by atoms with Gasteiger partial charge in [-0.3, -0.25) is 4.90 Å². The van der Waals surface area contributed by atoms with Crippen molar-refractivity contribution in [3.8, 4) is 5.75 Å². The van der Waals surface area contributed by atoms with E-state index in [1.54, 1.807) is 0 Å². The highest BCUT2D eigenvalue weighted by Gasteiger charge is 2.19. The second kappa shape index (κ2) is 7.82. The van der Waals surface area contributed by atoms with E-state index in [0.717, 1.165) is 60.7 Å². The van der Waals surface area contributed by atoms with Gasteiger partial charge in [-0.1, -0.05) is 35.3 Å². The van der Waals surface area contributed by atoms with Crippen LogP contribution in [0.15, 0.2) is 30.3 Å². The zero-order chi connectivity index (χ0) is 17.9. The van der Waals surface area contributed by atoms with Crippen LogP contribution in [0.5, 0.6) is 5.75 Å². The Morgan fingerprint density at radius 3 is 2.96 bits per heavy atom. The number of unbranched alkanes of at least 4 members (excludes halogenated alkanes) is 1. The maximum atomic E-state index is 6.32. The van der Waals surface area contributed by atoms with E-state index in [1.165, 1.54) is 11.1 Å². The third kappa shape index (κ3) is 3.65. The third-order valence-corrected chi connectivity index (χ3v) is 5.64. The molecule has 26 heavy (non-hydrogen) atoms. The van der Waals surface area contributed by atoms with Crippen LogP contribution in [0.4, 0.5) is 0 Å². The van der Waals surface area contributed by atoms with E-state index >= 15 is 0 Å². The van der Waals surface area contributed by atoms with Gasteiger partial charge < -0.3 is 4.74 Å². The van der Waals surface area contributed by atoms with Crippen molar-refractivity contribution in [1.29, 1.82) is 0 Å². The molecule has 2 aromatic carbocycles. The molecule has 0 saturated heterocycles. The van der Waals surface area contributed by atoms with Gasteiger partial charge in [0.25, 0.3) is 0 Å². The number of benzene rings is 2. The van der Waals surface area contributed by atoms with Crippen LogP contribution in [0.25, 0.3) is 11.0 Å². The van der Waals surface area contributed by atoms with Gasteiger partial charge in [-0.2, -0.15) is 15.4 Å². The first kappa shape index (κ1) is 17.6. The average molecular weight is 391 g/mol. The number of fused-ring (bicyclic) bond motifs is 2. The van der Waals surface area contributed by atoms with Crippen molar-refractivity contribution < 1.29 is 4.74 Å². The van der Waals surface area contributed by atoms with Crippen molar-refractivity contribution in [3.63, 3.8) is 0 Å². The summed E-state index contributed by atoms with van der Waals surface area (Å²) in [6, 6.07) is 9.77. The van der Waals surface area contributed by atoms with Crippen LogP contribution >= 0.6 is 23.2 Å². The molecule has 5 nitrogen and oxygen atoms in total. The van der Waals surface area contributed by atoms with Gasteiger partial charge in [0.15, 0.2) is 5.52 Å². The molecule has 0 unspecified atom stereocenters. The van der Waals surface area contributed by atoms with E-state index in [-0.39, 0.29) is 0 Å². The summed E-state index contributed by atoms with van der Waals surface area (Å²) in [6.07, 6.45) is 3.05. The molecular weight excluding hydrogens is 371 g/mol. The molecule has 0 saturated carbocycles. The van der Waals surface area contributed by atoms with Gasteiger partial charge in [0.2, 0.25) is 0 Å². The molecule has 3 aromatic rings. The van der Waals surface area contributed by atoms with Gasteiger partial charge in [-0.15, -0.1) is 0 Å². The van der Waals surface area contributed by atoms with E-state index < -0.39 is 0 Å². The van der Waals surface area contributed by atoms with Crippen molar-refractivity contribution in [2.45, 2.75) is 25.8 Å². The van der Waals surface area contributed by atoms with Crippen molar-refractivity contribution in [2.24, 2.45) is 0 Å². The fourth-order valence-electron chi connectivity index (χ4n) is 3.41. The van der Waals surface area contributed by atoms with Gasteiger partial charge >= 0.3 is 0 Å². The van der Waals surface area contributed by atoms with Crippen LogP contribution in [0.1, 0.15) is 24.0 Å². The number of halogens is 2. The maximum absolute atomic E-state index is 6.32. The Bertz CT molecular complexity index is 912. The largest absolute Gasteiger partial charge is 0.491 e. The lowest BCUT2D eigenvalue weighted by Crippen LogP contribution is -2.31. The predicted octanol–water partition coefficient (Wildman–Crippen LogP) is 4.48. The van der Waals surface area contributed by atoms with Crippen LogP contribution in [-0.2, 0) is 13.0 Å². The molecule has 0 fully saturated rings. The van der Waals surface area contributed by atoms with Crippen LogP contribution in [0, 0.1) is 0 Å². The molecular formula is C19H20Cl2N4O. The number of hydrogen-bond donors (Lipinski definition) is 1. The third-order valence-electron chi connectivity index (χ3n) is 4.80. The molecule has 2 heterocycles. The Morgan fingerprint density at radius 2 is 2.04 bits per heavy atom. The predicted molar refractivity (Wildman–Crippen MR) is 104 cm³/mol. The Labute approximate surface area is 162 Å². The van der Waals surface area contributed by atoms with Crippen LogP contribution < -0.4 is 4.74 Å². The summed E-state index contributed by atoms with van der Waals surface area (Å²) >= 11 is 12.4. The average Bonchev–Trinajstić information content (AvgIpc) is 3.14. The first-order valence-electron chi connectivity index (χ1n) is 8.83. The minimum Gasteiger partial charge on any atom is -0.491 e. The SMILES string of the molecule is Clc1ccc2c(c1Cl)CCN(CCCCOc1cccc3n[nH]nc13)C2. The number of aromatic amines is 1. The minimum absolute atomic E-state index is 0.651. The summed E-state index contributed by atoms with van der Waals surface area (Å²) in [5, 5.41) is 12.2. The summed E-state index contributed by atoms with van der Waals surface area (Å²) in [4.78, 5) is 2.46. The summed E-state index contributed by atoms with van der Waals surface area (Å²) in [5.41, 5.74) is 4.11. The van der Waals surface area contributed by atoms with Crippen molar-refractivity contribution >= 4 is 34.2 Å². The van der Waals surface area contributed by atoms with E-state index in [2.05, 4.69) is 26.4 Å². The highest BCUT2D eigenvalue weighted by molar-refractivity contribution is 6.42. The Morgan fingerprint density at radius 1 is 1.12 bits per heavy atom. The van der Waals surface area contributed by atoms with Crippen LogP contribution in [0.2, 0.25) is 10.0 Å². The molecule has 0 bridgehead atoms. The monoisotopic (exact) mass is 390 g/mol. The lowest BCUT2D eigenvalue weighted by atomic mass is 9.99. The zero-order valence-electron chi connectivity index (χ0n) is 14.3. The quantitative estimate of drug-likeness (QED) is 0.630. The number of nitrogens with zero attached hydrogens (tertiary/aromatic N) is 3. The van der Waals surface area contributed by atoms with E-state index in [0.29, 0.717) is 11.6 Å². The molecule has 1 aliphatic heterocycles. The minimum atomic E-state index is 0.651. The Balaban J connectivity index is 1.24. The maximum Gasteiger partial charge on any atom is 0.154 e. The first-order valence-corrected chi connectivity index (χ1v) is 9.58. The van der Waals surface area contributed by atoms with Gasteiger partial charge in [-0.05, 0) is 55.1 Å². The number of aromatic nitrogens is 3. The van der Waals surface area contributed by atoms with Gasteiger partial charge in [-0.25, -0.2) is 0 Å². The zero-order valence-corrected chi connectivity index (χ0v) is 15.9. The molecule has 7 heteroatoms. The number of ether oxygens (including phenoxy) is 1. The van der Waals surface area contributed by atoms with Crippen molar-refractivity contribution in [2.75, 3.05) is 19.7 Å². The highest BCUT2D eigenvalue weighted by Crippen LogP contribution is 2.32. The van der Waals surface area contributed by atoms with Crippen LogP contribution in [0.3, 0.4) is 0 Å². The normalized spacial score (nSPS) is 14.5. The highest BCUT2D eigenvalue weighted by atomic mass is 35.5.